The fraction of sp³-hybridized carbons (Fsp3) is 0.500. The molecule has 1 amide bonds. The van der Waals surface area contributed by atoms with E-state index in [0.717, 1.165) is 49.6 Å². The number of amides is 1. The van der Waals surface area contributed by atoms with Crippen LogP contribution in [0.25, 0.3) is 5.69 Å². The molecule has 1 atom stereocenters. The van der Waals surface area contributed by atoms with Crippen molar-refractivity contribution >= 4 is 18.3 Å². The highest BCUT2D eigenvalue weighted by Gasteiger charge is 2.27. The molecular formula is C18H26ClN5O2. The quantitative estimate of drug-likeness (QED) is 0.861. The number of nitrogens with one attached hydrogen (secondary N) is 1. The molecule has 2 aromatic rings. The van der Waals surface area contributed by atoms with Crippen molar-refractivity contribution in [2.24, 2.45) is 5.92 Å². The van der Waals surface area contributed by atoms with Gasteiger partial charge in [-0.2, -0.15) is 0 Å². The molecule has 7 nitrogen and oxygen atoms in total. The zero-order valence-electron chi connectivity index (χ0n) is 15.4. The van der Waals surface area contributed by atoms with Gasteiger partial charge in [-0.05, 0) is 63.5 Å². The third kappa shape index (κ3) is 4.16. The van der Waals surface area contributed by atoms with E-state index in [1.807, 2.05) is 43.1 Å². The second kappa shape index (κ2) is 9.00. The van der Waals surface area contributed by atoms with Gasteiger partial charge in [-0.1, -0.05) is 5.21 Å². The molecule has 1 saturated heterocycles. The van der Waals surface area contributed by atoms with Crippen molar-refractivity contribution < 1.29 is 9.53 Å². The molecule has 142 valence electrons. The number of aromatic nitrogens is 3. The van der Waals surface area contributed by atoms with Crippen molar-refractivity contribution in [1.82, 2.24) is 25.2 Å². The Hall–Kier alpha value is -2.12. The van der Waals surface area contributed by atoms with Crippen LogP contribution in [-0.2, 0) is 0 Å². The largest absolute Gasteiger partial charge is 0.497 e. The lowest BCUT2D eigenvalue weighted by molar-refractivity contribution is 0.0667. The molecule has 1 unspecified atom stereocenters. The van der Waals surface area contributed by atoms with Crippen LogP contribution in [0.4, 0.5) is 0 Å². The summed E-state index contributed by atoms with van der Waals surface area (Å²) in [4.78, 5) is 14.8. The highest BCUT2D eigenvalue weighted by atomic mass is 35.5. The van der Waals surface area contributed by atoms with Crippen molar-refractivity contribution in [2.45, 2.75) is 19.8 Å². The Kier molecular flexibility index (Phi) is 6.99. The molecule has 1 aromatic heterocycles. The molecule has 0 saturated carbocycles. The number of piperidine rings is 1. The number of rotatable bonds is 5. The number of hydrogen-bond acceptors (Lipinski definition) is 5. The molecule has 1 aliphatic rings. The Morgan fingerprint density at radius 2 is 2.08 bits per heavy atom. The zero-order chi connectivity index (χ0) is 17.8. The van der Waals surface area contributed by atoms with Gasteiger partial charge in [0.2, 0.25) is 0 Å². The van der Waals surface area contributed by atoms with Crippen molar-refractivity contribution in [2.75, 3.05) is 33.8 Å². The third-order valence-corrected chi connectivity index (χ3v) is 4.71. The van der Waals surface area contributed by atoms with Crippen LogP contribution in [0.1, 0.15) is 29.0 Å². The van der Waals surface area contributed by atoms with E-state index in [-0.39, 0.29) is 18.3 Å². The van der Waals surface area contributed by atoms with E-state index in [1.165, 1.54) is 0 Å². The van der Waals surface area contributed by atoms with Gasteiger partial charge in [-0.15, -0.1) is 17.5 Å². The highest BCUT2D eigenvalue weighted by molar-refractivity contribution is 5.93. The first-order chi connectivity index (χ1) is 12.1. The summed E-state index contributed by atoms with van der Waals surface area (Å²) in [6.07, 6.45) is 2.19. The van der Waals surface area contributed by atoms with Gasteiger partial charge in [0.1, 0.15) is 5.75 Å². The van der Waals surface area contributed by atoms with Crippen LogP contribution in [0.3, 0.4) is 0 Å². The second-order valence-electron chi connectivity index (χ2n) is 6.45. The predicted octanol–water partition coefficient (Wildman–Crippen LogP) is 2.08. The van der Waals surface area contributed by atoms with Gasteiger partial charge in [0, 0.05) is 13.1 Å². The van der Waals surface area contributed by atoms with Gasteiger partial charge in [0.15, 0.2) is 5.69 Å². The molecule has 1 aromatic carbocycles. The average molecular weight is 380 g/mol. The first-order valence-corrected chi connectivity index (χ1v) is 8.64. The van der Waals surface area contributed by atoms with E-state index in [9.17, 15) is 4.79 Å². The summed E-state index contributed by atoms with van der Waals surface area (Å²) in [5.41, 5.74) is 2.04. The van der Waals surface area contributed by atoms with E-state index in [0.29, 0.717) is 11.6 Å². The van der Waals surface area contributed by atoms with Gasteiger partial charge >= 0.3 is 0 Å². The summed E-state index contributed by atoms with van der Waals surface area (Å²) in [7, 11) is 3.58. The molecule has 2 heterocycles. The maximum atomic E-state index is 12.9. The Morgan fingerprint density at radius 3 is 2.73 bits per heavy atom. The minimum Gasteiger partial charge on any atom is -0.497 e. The number of carbonyl (C=O) groups is 1. The smallest absolute Gasteiger partial charge is 0.276 e. The minimum absolute atomic E-state index is 0. The van der Waals surface area contributed by atoms with E-state index < -0.39 is 0 Å². The number of nitrogens with zero attached hydrogens (tertiary/aromatic N) is 4. The van der Waals surface area contributed by atoms with Crippen LogP contribution in [0.15, 0.2) is 24.3 Å². The number of halogens is 1. The van der Waals surface area contributed by atoms with Crippen molar-refractivity contribution in [3.63, 3.8) is 0 Å². The van der Waals surface area contributed by atoms with Crippen LogP contribution in [-0.4, -0.2) is 59.6 Å². The molecule has 0 spiro atoms. The Labute approximate surface area is 160 Å². The number of methoxy groups -OCH3 is 1. The normalized spacial score (nSPS) is 16.9. The molecule has 1 aliphatic heterocycles. The lowest BCUT2D eigenvalue weighted by Gasteiger charge is -2.32. The van der Waals surface area contributed by atoms with E-state index in [4.69, 9.17) is 4.74 Å². The molecular weight excluding hydrogens is 354 g/mol. The lowest BCUT2D eigenvalue weighted by atomic mass is 9.97. The number of ether oxygens (including phenoxy) is 1. The zero-order valence-corrected chi connectivity index (χ0v) is 16.3. The van der Waals surface area contributed by atoms with Crippen LogP contribution >= 0.6 is 12.4 Å². The summed E-state index contributed by atoms with van der Waals surface area (Å²) in [6, 6.07) is 7.53. The molecule has 8 heteroatoms. The van der Waals surface area contributed by atoms with E-state index >= 15 is 0 Å². The highest BCUT2D eigenvalue weighted by Crippen LogP contribution is 2.20. The SMILES string of the molecule is CNCC1CCCN(C(=O)c2nnn(-c3ccc(OC)cc3)c2C)C1.Cl. The lowest BCUT2D eigenvalue weighted by Crippen LogP contribution is -2.42. The molecule has 0 aliphatic carbocycles. The summed E-state index contributed by atoms with van der Waals surface area (Å²) >= 11 is 0. The summed E-state index contributed by atoms with van der Waals surface area (Å²) < 4.78 is 6.87. The average Bonchev–Trinajstić information content (AvgIpc) is 3.03. The molecule has 1 N–H and O–H groups in total. The number of hydrogen-bond donors (Lipinski definition) is 1. The van der Waals surface area contributed by atoms with E-state index in [2.05, 4.69) is 15.6 Å². The maximum absolute atomic E-state index is 12.9. The Bertz CT molecular complexity index is 730. The second-order valence-corrected chi connectivity index (χ2v) is 6.45. The van der Waals surface area contributed by atoms with Gasteiger partial charge in [0.05, 0.1) is 18.5 Å². The summed E-state index contributed by atoms with van der Waals surface area (Å²) in [5.74, 6) is 1.25. The van der Waals surface area contributed by atoms with Gasteiger partial charge in [-0.3, -0.25) is 4.79 Å². The summed E-state index contributed by atoms with van der Waals surface area (Å²) in [6.45, 7) is 4.37. The van der Waals surface area contributed by atoms with Gasteiger partial charge in [0.25, 0.3) is 5.91 Å². The predicted molar refractivity (Wildman–Crippen MR) is 102 cm³/mol. The minimum atomic E-state index is -0.0296. The Balaban J connectivity index is 0.00000243. The fourth-order valence-corrected chi connectivity index (χ4v) is 3.35. The van der Waals surface area contributed by atoms with Gasteiger partial charge < -0.3 is 15.0 Å². The molecule has 0 bridgehead atoms. The number of likely N-dealkylation sites (tertiary alicyclic amines) is 1. The van der Waals surface area contributed by atoms with Crippen molar-refractivity contribution in [3.8, 4) is 11.4 Å². The fourth-order valence-electron chi connectivity index (χ4n) is 3.35. The monoisotopic (exact) mass is 379 g/mol. The number of carbonyl (C=O) groups excluding carboxylic acids is 1. The van der Waals surface area contributed by atoms with Crippen LogP contribution < -0.4 is 10.1 Å². The Morgan fingerprint density at radius 1 is 1.35 bits per heavy atom. The molecule has 0 radical (unpaired) electrons. The van der Waals surface area contributed by atoms with Gasteiger partial charge in [-0.25, -0.2) is 4.68 Å². The molecule has 26 heavy (non-hydrogen) atoms. The number of benzene rings is 1. The molecule has 1 fully saturated rings. The van der Waals surface area contributed by atoms with Crippen molar-refractivity contribution in [3.05, 3.63) is 35.7 Å². The van der Waals surface area contributed by atoms with Crippen LogP contribution in [0.2, 0.25) is 0 Å². The first kappa shape index (κ1) is 20.2. The standard InChI is InChI=1S/C18H25N5O2.ClH/c1-13-17(18(24)22-10-4-5-14(12-22)11-19-2)20-21-23(13)15-6-8-16(25-3)9-7-15;/h6-9,14,19H,4-5,10-12H2,1-3H3;1H. The molecule has 3 rings (SSSR count). The van der Waals surface area contributed by atoms with Crippen LogP contribution in [0.5, 0.6) is 5.75 Å². The maximum Gasteiger partial charge on any atom is 0.276 e. The van der Waals surface area contributed by atoms with Crippen molar-refractivity contribution in [1.29, 1.82) is 0 Å². The van der Waals surface area contributed by atoms with E-state index in [1.54, 1.807) is 11.8 Å². The third-order valence-electron chi connectivity index (χ3n) is 4.71. The van der Waals surface area contributed by atoms with Crippen LogP contribution in [0, 0.1) is 12.8 Å². The first-order valence-electron chi connectivity index (χ1n) is 8.64. The summed E-state index contributed by atoms with van der Waals surface area (Å²) in [5, 5.41) is 11.5. The topological polar surface area (TPSA) is 72.3 Å².